The maximum Gasteiger partial charge on any atom is 0.0691 e. The Morgan fingerprint density at radius 2 is 1.38 bits per heavy atom. The van der Waals surface area contributed by atoms with Crippen LogP contribution in [0.1, 0.15) is 6.42 Å². The van der Waals surface area contributed by atoms with Crippen LogP contribution in [0, 0.1) is 47.3 Å². The third-order valence-electron chi connectivity index (χ3n) is 7.32. The third-order valence-corrected chi connectivity index (χ3v) is 12.9. The first-order valence-electron chi connectivity index (χ1n) is 6.60. The molecule has 0 aromatic heterocycles. The van der Waals surface area contributed by atoms with Gasteiger partial charge in [-0.2, -0.15) is 0 Å². The number of thioether (sulfide) groups is 3. The van der Waals surface area contributed by atoms with Crippen LogP contribution in [0.5, 0.6) is 0 Å². The molecule has 86 valence electrons. The SMILES string of the molecule is CSC12SC3(SC)C4C5CC(C6C5C3C61)C42. The van der Waals surface area contributed by atoms with Gasteiger partial charge < -0.3 is 0 Å². The molecule has 2 heterocycles. The van der Waals surface area contributed by atoms with Crippen LogP contribution in [0.15, 0.2) is 0 Å². The number of rotatable bonds is 2. The molecule has 16 heavy (non-hydrogen) atoms. The van der Waals surface area contributed by atoms with Crippen molar-refractivity contribution in [2.24, 2.45) is 47.3 Å². The average Bonchev–Trinajstić information content (AvgIpc) is 2.86. The molecule has 0 spiro atoms. The van der Waals surface area contributed by atoms with Crippen molar-refractivity contribution in [1.82, 2.24) is 0 Å². The lowest BCUT2D eigenvalue weighted by Gasteiger charge is -2.48. The summed E-state index contributed by atoms with van der Waals surface area (Å²) in [4.78, 5) is 0. The Kier molecular flexibility index (Phi) is 1.22. The molecular formula is C13H16S3. The van der Waals surface area contributed by atoms with Crippen LogP contribution in [0.2, 0.25) is 0 Å². The summed E-state index contributed by atoms with van der Waals surface area (Å²) in [5.74, 6) is 9.31. The van der Waals surface area contributed by atoms with E-state index in [1.807, 2.05) is 0 Å². The molecule has 5 saturated carbocycles. The van der Waals surface area contributed by atoms with E-state index in [0.29, 0.717) is 8.16 Å². The monoisotopic (exact) mass is 268 g/mol. The average molecular weight is 268 g/mol. The lowest BCUT2D eigenvalue weighted by Crippen LogP contribution is -2.49. The van der Waals surface area contributed by atoms with Gasteiger partial charge >= 0.3 is 0 Å². The zero-order chi connectivity index (χ0) is 10.4. The minimum absolute atomic E-state index is 0.704. The minimum atomic E-state index is 0.704. The van der Waals surface area contributed by atoms with E-state index >= 15 is 0 Å². The maximum absolute atomic E-state index is 2.46. The van der Waals surface area contributed by atoms with Crippen LogP contribution >= 0.6 is 35.3 Å². The highest BCUT2D eigenvalue weighted by Gasteiger charge is 2.96. The van der Waals surface area contributed by atoms with Crippen molar-refractivity contribution in [2.75, 3.05) is 12.5 Å². The van der Waals surface area contributed by atoms with Crippen molar-refractivity contribution in [2.45, 2.75) is 14.6 Å². The Labute approximate surface area is 109 Å². The summed E-state index contributed by atoms with van der Waals surface area (Å²) >= 11 is 6.98. The maximum atomic E-state index is 2.46. The Balaban J connectivity index is 1.72. The van der Waals surface area contributed by atoms with E-state index in [2.05, 4.69) is 47.8 Å². The largest absolute Gasteiger partial charge is 0.147 e. The molecule has 10 atom stereocenters. The highest BCUT2D eigenvalue weighted by atomic mass is 32.2. The second kappa shape index (κ2) is 2.16. The van der Waals surface area contributed by atoms with Gasteiger partial charge in [0.1, 0.15) is 0 Å². The first-order valence-corrected chi connectivity index (χ1v) is 9.87. The molecule has 0 radical (unpaired) electrons. The predicted octanol–water partition coefficient (Wildman–Crippen LogP) is 3.24. The van der Waals surface area contributed by atoms with Crippen molar-refractivity contribution in [3.8, 4) is 0 Å². The predicted molar refractivity (Wildman–Crippen MR) is 72.6 cm³/mol. The second-order valence-electron chi connectivity index (χ2n) is 6.77. The van der Waals surface area contributed by atoms with Gasteiger partial charge in [0, 0.05) is 0 Å². The van der Waals surface area contributed by atoms with E-state index in [4.69, 9.17) is 0 Å². The van der Waals surface area contributed by atoms with E-state index < -0.39 is 0 Å². The van der Waals surface area contributed by atoms with Crippen LogP contribution in [0.3, 0.4) is 0 Å². The van der Waals surface area contributed by atoms with Gasteiger partial charge in [-0.3, -0.25) is 0 Å². The molecule has 7 rings (SSSR count). The second-order valence-corrected chi connectivity index (χ2v) is 11.0. The smallest absolute Gasteiger partial charge is 0.0691 e. The van der Waals surface area contributed by atoms with Crippen LogP contribution in [0.25, 0.3) is 0 Å². The van der Waals surface area contributed by atoms with E-state index in [1.54, 1.807) is 6.42 Å². The van der Waals surface area contributed by atoms with Crippen LogP contribution in [-0.4, -0.2) is 20.7 Å². The van der Waals surface area contributed by atoms with Gasteiger partial charge in [0.15, 0.2) is 0 Å². The molecule has 0 N–H and O–H groups in total. The Morgan fingerprint density at radius 3 is 1.81 bits per heavy atom. The van der Waals surface area contributed by atoms with Gasteiger partial charge in [0.2, 0.25) is 0 Å². The summed E-state index contributed by atoms with van der Waals surface area (Å²) in [5, 5.41) is 0. The van der Waals surface area contributed by atoms with Gasteiger partial charge in [-0.1, -0.05) is 0 Å². The molecule has 0 aromatic rings. The van der Waals surface area contributed by atoms with Crippen LogP contribution in [0.4, 0.5) is 0 Å². The first kappa shape index (κ1) is 9.03. The summed E-state index contributed by atoms with van der Waals surface area (Å²) in [6.07, 6.45) is 6.46. The van der Waals surface area contributed by atoms with Gasteiger partial charge in [-0.05, 0) is 66.3 Å². The molecule has 0 nitrogen and oxygen atoms in total. The Hall–Kier alpha value is 1.05. The molecule has 7 fully saturated rings. The fraction of sp³-hybridized carbons (Fsp3) is 1.00. The van der Waals surface area contributed by atoms with Crippen molar-refractivity contribution >= 4 is 35.3 Å². The molecule has 2 saturated heterocycles. The summed E-state index contributed by atoms with van der Waals surface area (Å²) in [5.41, 5.74) is 0. The number of hydrogen-bond donors (Lipinski definition) is 0. The number of hydrogen-bond acceptors (Lipinski definition) is 3. The molecular weight excluding hydrogens is 252 g/mol. The zero-order valence-corrected chi connectivity index (χ0v) is 12.0. The molecule has 2 aliphatic heterocycles. The highest BCUT2D eigenvalue weighted by Crippen LogP contribution is 2.99. The van der Waals surface area contributed by atoms with Crippen LogP contribution < -0.4 is 0 Å². The molecule has 3 heteroatoms. The zero-order valence-electron chi connectivity index (χ0n) is 9.55. The topological polar surface area (TPSA) is 0 Å². The van der Waals surface area contributed by atoms with Gasteiger partial charge in [0.25, 0.3) is 0 Å². The van der Waals surface area contributed by atoms with E-state index in [9.17, 15) is 0 Å². The summed E-state index contributed by atoms with van der Waals surface area (Å²) in [7, 11) is 0. The first-order chi connectivity index (χ1) is 7.80. The third kappa shape index (κ3) is 0.500. The van der Waals surface area contributed by atoms with E-state index in [-0.39, 0.29) is 0 Å². The fourth-order valence-corrected chi connectivity index (χ4v) is 13.9. The fourth-order valence-electron chi connectivity index (χ4n) is 7.58. The molecule has 0 amide bonds. The lowest BCUT2D eigenvalue weighted by atomic mass is 9.59. The van der Waals surface area contributed by atoms with E-state index in [1.165, 1.54) is 23.7 Å². The standard InChI is InChI=1S/C13H16S3/c1-14-12-8-4-3-5-7-6(4)10(12)11(7)13(15-2,16-12)9(5)8/h4-11H,3H2,1-2H3. The molecule has 0 aromatic carbocycles. The van der Waals surface area contributed by atoms with Gasteiger partial charge in [0.05, 0.1) is 8.16 Å². The normalized spacial score (nSPS) is 82.9. The molecule has 5 aliphatic carbocycles. The highest BCUT2D eigenvalue weighted by molar-refractivity contribution is 8.26. The summed E-state index contributed by atoms with van der Waals surface area (Å²) < 4.78 is 1.41. The van der Waals surface area contributed by atoms with E-state index in [0.717, 1.165) is 23.7 Å². The minimum Gasteiger partial charge on any atom is -0.147 e. The summed E-state index contributed by atoms with van der Waals surface area (Å²) in [6.45, 7) is 0. The lowest BCUT2D eigenvalue weighted by molar-refractivity contribution is 0.0302. The van der Waals surface area contributed by atoms with Crippen molar-refractivity contribution in [3.05, 3.63) is 0 Å². The molecule has 10 unspecified atom stereocenters. The molecule has 7 aliphatic rings. The van der Waals surface area contributed by atoms with Gasteiger partial charge in [-0.25, -0.2) is 0 Å². The summed E-state index contributed by atoms with van der Waals surface area (Å²) in [6, 6.07) is 0. The Morgan fingerprint density at radius 1 is 0.875 bits per heavy atom. The van der Waals surface area contributed by atoms with Crippen molar-refractivity contribution < 1.29 is 0 Å². The van der Waals surface area contributed by atoms with Crippen molar-refractivity contribution in [3.63, 3.8) is 0 Å². The molecule has 4 bridgehead atoms. The quantitative estimate of drug-likeness (QED) is 0.754. The van der Waals surface area contributed by atoms with Gasteiger partial charge in [-0.15, -0.1) is 35.3 Å². The van der Waals surface area contributed by atoms with Crippen LogP contribution in [-0.2, 0) is 0 Å². The van der Waals surface area contributed by atoms with Crippen molar-refractivity contribution in [1.29, 1.82) is 0 Å². The Bertz CT molecular complexity index is 395.